The van der Waals surface area contributed by atoms with Gasteiger partial charge in [-0.05, 0) is 38.4 Å². The molecule has 0 atom stereocenters. The van der Waals surface area contributed by atoms with E-state index in [1.54, 1.807) is 0 Å². The zero-order valence-corrected chi connectivity index (χ0v) is 11.2. The summed E-state index contributed by atoms with van der Waals surface area (Å²) in [4.78, 5) is 9.29. The van der Waals surface area contributed by atoms with Gasteiger partial charge in [-0.15, -0.1) is 0 Å². The van der Waals surface area contributed by atoms with Crippen molar-refractivity contribution >= 4 is 5.69 Å². The van der Waals surface area contributed by atoms with E-state index in [4.69, 9.17) is 0 Å². The fourth-order valence-electron chi connectivity index (χ4n) is 2.50. The molecule has 2 heterocycles. The Bertz CT molecular complexity index is 339. The molecule has 3 heteroatoms. The predicted molar refractivity (Wildman–Crippen MR) is 72.5 cm³/mol. The molecule has 17 heavy (non-hydrogen) atoms. The first-order chi connectivity index (χ1) is 8.20. The second-order valence-corrected chi connectivity index (χ2v) is 4.93. The van der Waals surface area contributed by atoms with Gasteiger partial charge in [0, 0.05) is 31.9 Å². The molecular formula is C14H23N3. The van der Waals surface area contributed by atoms with E-state index in [0.717, 1.165) is 5.69 Å². The van der Waals surface area contributed by atoms with Crippen LogP contribution in [0.15, 0.2) is 18.3 Å². The van der Waals surface area contributed by atoms with Crippen molar-refractivity contribution in [2.45, 2.75) is 32.7 Å². The molecule has 0 unspecified atom stereocenters. The van der Waals surface area contributed by atoms with E-state index in [1.165, 1.54) is 38.2 Å². The van der Waals surface area contributed by atoms with Gasteiger partial charge in [-0.2, -0.15) is 0 Å². The molecule has 0 N–H and O–H groups in total. The Balaban J connectivity index is 1.96. The zero-order valence-electron chi connectivity index (χ0n) is 11.2. The van der Waals surface area contributed by atoms with Gasteiger partial charge in [-0.3, -0.25) is 4.98 Å². The lowest BCUT2D eigenvalue weighted by Crippen LogP contribution is -2.43. The first-order valence-corrected chi connectivity index (χ1v) is 6.58. The SMILES string of the molecule is CCN1CCC(N(C)c2ccc(C)nc2)CC1. The van der Waals surface area contributed by atoms with Crippen LogP contribution in [-0.4, -0.2) is 42.6 Å². The molecule has 1 saturated heterocycles. The maximum atomic E-state index is 4.37. The quantitative estimate of drug-likeness (QED) is 0.798. The second-order valence-electron chi connectivity index (χ2n) is 4.93. The predicted octanol–water partition coefficient (Wildman–Crippen LogP) is 2.31. The highest BCUT2D eigenvalue weighted by Crippen LogP contribution is 2.21. The smallest absolute Gasteiger partial charge is 0.0552 e. The molecule has 0 amide bonds. The van der Waals surface area contributed by atoms with Crippen LogP contribution >= 0.6 is 0 Å². The molecule has 1 aromatic rings. The summed E-state index contributed by atoms with van der Waals surface area (Å²) >= 11 is 0. The van der Waals surface area contributed by atoms with Gasteiger partial charge in [0.2, 0.25) is 0 Å². The Morgan fingerprint density at radius 1 is 1.35 bits per heavy atom. The first kappa shape index (κ1) is 12.4. The molecule has 0 aliphatic carbocycles. The van der Waals surface area contributed by atoms with Crippen LogP contribution in [0.3, 0.4) is 0 Å². The van der Waals surface area contributed by atoms with Crippen molar-refractivity contribution in [3.05, 3.63) is 24.0 Å². The maximum absolute atomic E-state index is 4.37. The van der Waals surface area contributed by atoms with Crippen LogP contribution in [0.5, 0.6) is 0 Å². The Kier molecular flexibility index (Phi) is 4.00. The van der Waals surface area contributed by atoms with Crippen LogP contribution in [0.4, 0.5) is 5.69 Å². The fraction of sp³-hybridized carbons (Fsp3) is 0.643. The van der Waals surface area contributed by atoms with Crippen LogP contribution in [0.25, 0.3) is 0 Å². The van der Waals surface area contributed by atoms with Gasteiger partial charge in [0.25, 0.3) is 0 Å². The molecular weight excluding hydrogens is 210 g/mol. The minimum atomic E-state index is 0.669. The van der Waals surface area contributed by atoms with Crippen molar-refractivity contribution < 1.29 is 0 Å². The zero-order chi connectivity index (χ0) is 12.3. The van der Waals surface area contributed by atoms with Crippen LogP contribution in [-0.2, 0) is 0 Å². The van der Waals surface area contributed by atoms with E-state index < -0.39 is 0 Å². The summed E-state index contributed by atoms with van der Waals surface area (Å²) in [5.41, 5.74) is 2.33. The summed E-state index contributed by atoms with van der Waals surface area (Å²) in [6.45, 7) is 7.91. The molecule has 0 saturated carbocycles. The Morgan fingerprint density at radius 2 is 2.06 bits per heavy atom. The molecule has 1 fully saturated rings. The highest BCUT2D eigenvalue weighted by atomic mass is 15.2. The van der Waals surface area contributed by atoms with Crippen molar-refractivity contribution in [1.82, 2.24) is 9.88 Å². The van der Waals surface area contributed by atoms with Crippen LogP contribution in [0.1, 0.15) is 25.5 Å². The normalized spacial score (nSPS) is 18.3. The van der Waals surface area contributed by atoms with E-state index in [2.05, 4.69) is 40.9 Å². The topological polar surface area (TPSA) is 19.4 Å². The number of aryl methyl sites for hydroxylation is 1. The lowest BCUT2D eigenvalue weighted by molar-refractivity contribution is 0.221. The average Bonchev–Trinajstić information content (AvgIpc) is 2.39. The standard InChI is InChI=1S/C14H23N3/c1-4-17-9-7-13(8-10-17)16(3)14-6-5-12(2)15-11-14/h5-6,11,13H,4,7-10H2,1-3H3. The Labute approximate surface area is 104 Å². The van der Waals surface area contributed by atoms with Crippen LogP contribution in [0, 0.1) is 6.92 Å². The van der Waals surface area contributed by atoms with Crippen molar-refractivity contribution in [2.24, 2.45) is 0 Å². The monoisotopic (exact) mass is 233 g/mol. The van der Waals surface area contributed by atoms with Gasteiger partial charge in [-0.1, -0.05) is 6.92 Å². The molecule has 0 aromatic carbocycles. The van der Waals surface area contributed by atoms with Crippen molar-refractivity contribution in [3.8, 4) is 0 Å². The molecule has 0 radical (unpaired) electrons. The van der Waals surface area contributed by atoms with Crippen LogP contribution in [0.2, 0.25) is 0 Å². The molecule has 1 aromatic heterocycles. The first-order valence-electron chi connectivity index (χ1n) is 6.58. The summed E-state index contributed by atoms with van der Waals surface area (Å²) in [5.74, 6) is 0. The minimum Gasteiger partial charge on any atom is -0.370 e. The minimum absolute atomic E-state index is 0.669. The van der Waals surface area contributed by atoms with Crippen molar-refractivity contribution in [2.75, 3.05) is 31.6 Å². The number of hydrogen-bond acceptors (Lipinski definition) is 3. The number of aromatic nitrogens is 1. The summed E-state index contributed by atoms with van der Waals surface area (Å²) in [5, 5.41) is 0. The number of likely N-dealkylation sites (tertiary alicyclic amines) is 1. The van der Waals surface area contributed by atoms with Gasteiger partial charge in [0.1, 0.15) is 0 Å². The molecule has 94 valence electrons. The number of pyridine rings is 1. The summed E-state index contributed by atoms with van der Waals surface area (Å²) in [6.07, 6.45) is 4.51. The highest BCUT2D eigenvalue weighted by Gasteiger charge is 2.21. The lowest BCUT2D eigenvalue weighted by Gasteiger charge is -2.37. The van der Waals surface area contributed by atoms with Gasteiger partial charge >= 0.3 is 0 Å². The molecule has 0 spiro atoms. The van der Waals surface area contributed by atoms with E-state index in [-0.39, 0.29) is 0 Å². The second kappa shape index (κ2) is 5.50. The third kappa shape index (κ3) is 2.97. The van der Waals surface area contributed by atoms with E-state index in [1.807, 2.05) is 13.1 Å². The Hall–Kier alpha value is -1.09. The third-order valence-electron chi connectivity index (χ3n) is 3.86. The Morgan fingerprint density at radius 3 is 2.59 bits per heavy atom. The van der Waals surface area contributed by atoms with Crippen molar-refractivity contribution in [3.63, 3.8) is 0 Å². The fourth-order valence-corrected chi connectivity index (χ4v) is 2.50. The van der Waals surface area contributed by atoms with Crippen LogP contribution < -0.4 is 4.90 Å². The van der Waals surface area contributed by atoms with Crippen molar-refractivity contribution in [1.29, 1.82) is 0 Å². The number of anilines is 1. The van der Waals surface area contributed by atoms with Gasteiger partial charge < -0.3 is 9.80 Å². The van der Waals surface area contributed by atoms with Gasteiger partial charge in [0.15, 0.2) is 0 Å². The highest BCUT2D eigenvalue weighted by molar-refractivity contribution is 5.44. The van der Waals surface area contributed by atoms with Gasteiger partial charge in [0.05, 0.1) is 11.9 Å². The molecule has 1 aliphatic rings. The third-order valence-corrected chi connectivity index (χ3v) is 3.86. The number of piperidine rings is 1. The number of rotatable bonds is 3. The lowest BCUT2D eigenvalue weighted by atomic mass is 10.0. The molecule has 3 nitrogen and oxygen atoms in total. The number of hydrogen-bond donors (Lipinski definition) is 0. The van der Waals surface area contributed by atoms with E-state index in [0.29, 0.717) is 6.04 Å². The maximum Gasteiger partial charge on any atom is 0.0552 e. The molecule has 1 aliphatic heterocycles. The average molecular weight is 233 g/mol. The summed E-state index contributed by atoms with van der Waals surface area (Å²) in [6, 6.07) is 4.93. The number of nitrogens with zero attached hydrogens (tertiary/aromatic N) is 3. The molecule has 2 rings (SSSR count). The molecule has 0 bridgehead atoms. The van der Waals surface area contributed by atoms with E-state index >= 15 is 0 Å². The summed E-state index contributed by atoms with van der Waals surface area (Å²) in [7, 11) is 2.19. The van der Waals surface area contributed by atoms with E-state index in [9.17, 15) is 0 Å². The largest absolute Gasteiger partial charge is 0.370 e. The van der Waals surface area contributed by atoms with Gasteiger partial charge in [-0.25, -0.2) is 0 Å². The summed E-state index contributed by atoms with van der Waals surface area (Å²) < 4.78 is 0.